The van der Waals surface area contributed by atoms with Crippen molar-refractivity contribution >= 4 is 17.6 Å². The van der Waals surface area contributed by atoms with Gasteiger partial charge in [0, 0.05) is 5.57 Å². The van der Waals surface area contributed by atoms with Crippen molar-refractivity contribution in [3.8, 4) is 11.5 Å². The average molecular weight is 296 g/mol. The zero-order chi connectivity index (χ0) is 15.9. The number of rotatable bonds is 5. The summed E-state index contributed by atoms with van der Waals surface area (Å²) in [5, 5.41) is 13.1. The fourth-order valence-electron chi connectivity index (χ4n) is 1.74. The van der Waals surface area contributed by atoms with E-state index in [0.717, 1.165) is 6.08 Å². The lowest BCUT2D eigenvalue weighted by atomic mass is 10.2. The van der Waals surface area contributed by atoms with Crippen molar-refractivity contribution in [3.63, 3.8) is 0 Å². The lowest BCUT2D eigenvalue weighted by Crippen LogP contribution is -2.22. The fourth-order valence-corrected chi connectivity index (χ4v) is 1.74. The van der Waals surface area contributed by atoms with Crippen LogP contribution in [0.3, 0.4) is 0 Å². The van der Waals surface area contributed by atoms with E-state index in [0.29, 0.717) is 17.2 Å². The Morgan fingerprint density at radius 2 is 1.68 bits per heavy atom. The van der Waals surface area contributed by atoms with Crippen LogP contribution in [-0.2, 0) is 9.59 Å². The maximum absolute atomic E-state index is 11.9. The molecule has 0 bridgehead atoms. The molecule has 22 heavy (non-hydrogen) atoms. The van der Waals surface area contributed by atoms with Gasteiger partial charge >= 0.3 is 0 Å². The van der Waals surface area contributed by atoms with E-state index in [1.165, 1.54) is 6.92 Å². The van der Waals surface area contributed by atoms with Crippen LogP contribution in [0.4, 0.5) is 5.69 Å². The number of carboxylic acid groups (broad SMARTS) is 1. The SMILES string of the molecule is C/C(=C/C(=O)[O-])C(=O)Nc1ccccc1Oc1ccccc1. The first kappa shape index (κ1) is 15.3. The highest BCUT2D eigenvalue weighted by atomic mass is 16.5. The monoisotopic (exact) mass is 296 g/mol. The summed E-state index contributed by atoms with van der Waals surface area (Å²) in [4.78, 5) is 22.4. The van der Waals surface area contributed by atoms with Gasteiger partial charge in [0.05, 0.1) is 11.7 Å². The molecule has 0 fully saturated rings. The van der Waals surface area contributed by atoms with Crippen LogP contribution < -0.4 is 15.2 Å². The lowest BCUT2D eigenvalue weighted by Gasteiger charge is -2.12. The van der Waals surface area contributed by atoms with Crippen molar-refractivity contribution in [1.82, 2.24) is 0 Å². The van der Waals surface area contributed by atoms with Gasteiger partial charge in [-0.2, -0.15) is 0 Å². The number of anilines is 1. The summed E-state index contributed by atoms with van der Waals surface area (Å²) >= 11 is 0. The first-order chi connectivity index (χ1) is 10.6. The Labute approximate surface area is 127 Å². The molecule has 1 amide bonds. The molecule has 0 aliphatic carbocycles. The summed E-state index contributed by atoms with van der Waals surface area (Å²) in [5.74, 6) is -0.857. The third-order valence-corrected chi connectivity index (χ3v) is 2.80. The molecule has 5 heteroatoms. The van der Waals surface area contributed by atoms with E-state index in [4.69, 9.17) is 4.74 Å². The number of carbonyl (C=O) groups is 2. The van der Waals surface area contributed by atoms with Gasteiger partial charge in [-0.15, -0.1) is 0 Å². The summed E-state index contributed by atoms with van der Waals surface area (Å²) in [6.07, 6.45) is 0.746. The third kappa shape index (κ3) is 4.21. The van der Waals surface area contributed by atoms with E-state index in [-0.39, 0.29) is 5.57 Å². The number of hydrogen-bond donors (Lipinski definition) is 1. The number of nitrogens with one attached hydrogen (secondary N) is 1. The van der Waals surface area contributed by atoms with Crippen molar-refractivity contribution in [2.24, 2.45) is 0 Å². The van der Waals surface area contributed by atoms with Crippen molar-refractivity contribution in [1.29, 1.82) is 0 Å². The van der Waals surface area contributed by atoms with Crippen LogP contribution in [0.1, 0.15) is 6.92 Å². The molecule has 0 atom stereocenters. The summed E-state index contributed by atoms with van der Waals surface area (Å²) in [5.41, 5.74) is 0.483. The Bertz CT molecular complexity index is 708. The normalized spacial score (nSPS) is 10.9. The van der Waals surface area contributed by atoms with Gasteiger partial charge in [0.15, 0.2) is 5.75 Å². The number of benzene rings is 2. The summed E-state index contributed by atoms with van der Waals surface area (Å²) in [6, 6.07) is 16.0. The number of para-hydroxylation sites is 3. The largest absolute Gasteiger partial charge is 0.545 e. The van der Waals surface area contributed by atoms with E-state index < -0.39 is 11.9 Å². The molecule has 5 nitrogen and oxygen atoms in total. The zero-order valence-electron chi connectivity index (χ0n) is 11.9. The van der Waals surface area contributed by atoms with Crippen LogP contribution in [-0.4, -0.2) is 11.9 Å². The second-order valence-corrected chi connectivity index (χ2v) is 4.51. The molecule has 1 N–H and O–H groups in total. The van der Waals surface area contributed by atoms with Crippen LogP contribution in [0.15, 0.2) is 66.2 Å². The Morgan fingerprint density at radius 1 is 1.05 bits per heavy atom. The molecule has 2 rings (SSSR count). The van der Waals surface area contributed by atoms with E-state index in [1.54, 1.807) is 36.4 Å². The molecule has 2 aromatic rings. The zero-order valence-corrected chi connectivity index (χ0v) is 11.9. The highest BCUT2D eigenvalue weighted by molar-refractivity contribution is 6.06. The maximum atomic E-state index is 11.9. The molecular weight excluding hydrogens is 282 g/mol. The molecular formula is C17H14NO4-. The van der Waals surface area contributed by atoms with Crippen LogP contribution in [0, 0.1) is 0 Å². The number of ether oxygens (including phenoxy) is 1. The highest BCUT2D eigenvalue weighted by Gasteiger charge is 2.09. The number of amides is 1. The first-order valence-corrected chi connectivity index (χ1v) is 6.59. The molecule has 0 saturated heterocycles. The molecule has 0 saturated carbocycles. The maximum Gasteiger partial charge on any atom is 0.251 e. The van der Waals surface area contributed by atoms with E-state index in [1.807, 2.05) is 18.2 Å². The van der Waals surface area contributed by atoms with Gasteiger partial charge in [-0.25, -0.2) is 0 Å². The van der Waals surface area contributed by atoms with E-state index in [9.17, 15) is 14.7 Å². The molecule has 0 aromatic heterocycles. The summed E-state index contributed by atoms with van der Waals surface area (Å²) < 4.78 is 5.71. The minimum atomic E-state index is -1.42. The third-order valence-electron chi connectivity index (χ3n) is 2.80. The molecule has 0 spiro atoms. The predicted octanol–water partition coefficient (Wildman–Crippen LogP) is 2.11. The van der Waals surface area contributed by atoms with Crippen molar-refractivity contribution in [2.75, 3.05) is 5.32 Å². The Morgan fingerprint density at radius 3 is 2.36 bits per heavy atom. The minimum Gasteiger partial charge on any atom is -0.545 e. The minimum absolute atomic E-state index is 0.0366. The average Bonchev–Trinajstić information content (AvgIpc) is 2.49. The molecule has 0 unspecified atom stereocenters. The van der Waals surface area contributed by atoms with Crippen LogP contribution in [0.2, 0.25) is 0 Å². The van der Waals surface area contributed by atoms with Gasteiger partial charge < -0.3 is 20.0 Å². The van der Waals surface area contributed by atoms with E-state index in [2.05, 4.69) is 5.32 Å². The molecule has 0 aliphatic rings. The summed E-state index contributed by atoms with van der Waals surface area (Å²) in [7, 11) is 0. The first-order valence-electron chi connectivity index (χ1n) is 6.59. The number of hydrogen-bond acceptors (Lipinski definition) is 4. The topological polar surface area (TPSA) is 78.5 Å². The van der Waals surface area contributed by atoms with Crippen LogP contribution in [0.5, 0.6) is 11.5 Å². The predicted molar refractivity (Wildman–Crippen MR) is 80.4 cm³/mol. The standard InChI is InChI=1S/C17H15NO4/c1-12(11-16(19)20)17(21)18-14-9-5-6-10-15(14)22-13-7-3-2-4-8-13/h2-11H,1H3,(H,18,21)(H,19,20)/p-1/b12-11-. The fraction of sp³-hybridized carbons (Fsp3) is 0.0588. The molecule has 0 radical (unpaired) electrons. The second kappa shape index (κ2) is 7.08. The molecule has 112 valence electrons. The van der Waals surface area contributed by atoms with Gasteiger partial charge in [0.25, 0.3) is 5.91 Å². The molecule has 0 aliphatic heterocycles. The van der Waals surface area contributed by atoms with Crippen molar-refractivity contribution in [2.45, 2.75) is 6.92 Å². The number of carboxylic acids is 1. The number of aliphatic carboxylic acids is 1. The smallest absolute Gasteiger partial charge is 0.251 e. The Kier molecular flexibility index (Phi) is 4.93. The van der Waals surface area contributed by atoms with Gasteiger partial charge in [-0.1, -0.05) is 30.3 Å². The lowest BCUT2D eigenvalue weighted by molar-refractivity contribution is -0.297. The number of carbonyl (C=O) groups excluding carboxylic acids is 2. The molecule has 0 heterocycles. The Hall–Kier alpha value is -3.08. The van der Waals surface area contributed by atoms with Crippen LogP contribution >= 0.6 is 0 Å². The van der Waals surface area contributed by atoms with Crippen molar-refractivity contribution < 1.29 is 19.4 Å². The van der Waals surface area contributed by atoms with Gasteiger partial charge in [-0.3, -0.25) is 4.79 Å². The van der Waals surface area contributed by atoms with Gasteiger partial charge in [-0.05, 0) is 37.3 Å². The Balaban J connectivity index is 2.18. The van der Waals surface area contributed by atoms with Crippen molar-refractivity contribution in [3.05, 3.63) is 66.2 Å². The van der Waals surface area contributed by atoms with Gasteiger partial charge in [0.2, 0.25) is 0 Å². The van der Waals surface area contributed by atoms with Crippen LogP contribution in [0.25, 0.3) is 0 Å². The quantitative estimate of drug-likeness (QED) is 0.857. The summed E-state index contributed by atoms with van der Waals surface area (Å²) in [6.45, 7) is 1.39. The molecule has 2 aromatic carbocycles. The second-order valence-electron chi connectivity index (χ2n) is 4.51. The highest BCUT2D eigenvalue weighted by Crippen LogP contribution is 2.29. The van der Waals surface area contributed by atoms with E-state index >= 15 is 0 Å². The van der Waals surface area contributed by atoms with Gasteiger partial charge in [0.1, 0.15) is 5.75 Å².